The van der Waals surface area contributed by atoms with Gasteiger partial charge in [0.1, 0.15) is 35.4 Å². The number of hydrogen-bond donors (Lipinski definition) is 1. The monoisotopic (exact) mass is 384 g/mol. The highest BCUT2D eigenvalue weighted by atomic mass is 16.5. The minimum Gasteiger partial charge on any atom is -0.497 e. The molecule has 0 bridgehead atoms. The van der Waals surface area contributed by atoms with Crippen LogP contribution in [0, 0.1) is 6.92 Å². The molecule has 2 heterocycles. The van der Waals surface area contributed by atoms with Crippen molar-refractivity contribution in [2.45, 2.75) is 32.6 Å². The smallest absolute Gasteiger partial charge is 0.270 e. The molecular weight excluding hydrogens is 356 g/mol. The summed E-state index contributed by atoms with van der Waals surface area (Å²) in [5.41, 5.74) is 0.399. The molecule has 3 rings (SSSR count). The van der Waals surface area contributed by atoms with Gasteiger partial charge in [-0.05, 0) is 44.0 Å². The molecule has 1 saturated heterocycles. The van der Waals surface area contributed by atoms with Crippen LogP contribution in [0.1, 0.15) is 42.0 Å². The first kappa shape index (κ1) is 19.9. The van der Waals surface area contributed by atoms with Gasteiger partial charge in [0.25, 0.3) is 5.91 Å². The molecule has 1 fully saturated rings. The topological polar surface area (TPSA) is 76.6 Å². The van der Waals surface area contributed by atoms with E-state index in [4.69, 9.17) is 9.47 Å². The average Bonchev–Trinajstić information content (AvgIpc) is 3.00. The fraction of sp³-hybridized carbons (Fsp3) is 0.476. The summed E-state index contributed by atoms with van der Waals surface area (Å²) in [7, 11) is 1.62. The lowest BCUT2D eigenvalue weighted by atomic mass is 10.2. The van der Waals surface area contributed by atoms with Crippen molar-refractivity contribution in [3.63, 3.8) is 0 Å². The number of nitrogens with one attached hydrogen (secondary N) is 1. The van der Waals surface area contributed by atoms with E-state index in [-0.39, 0.29) is 5.91 Å². The van der Waals surface area contributed by atoms with Crippen LogP contribution in [0.4, 0.5) is 5.82 Å². The van der Waals surface area contributed by atoms with Crippen LogP contribution in [0.5, 0.6) is 11.5 Å². The molecule has 1 aliphatic heterocycles. The Morgan fingerprint density at radius 3 is 2.43 bits per heavy atom. The van der Waals surface area contributed by atoms with E-state index in [9.17, 15) is 4.79 Å². The standard InChI is InChI=1S/C21H28N4O3/c1-16-23-19(15-20(24-16)25-12-5-3-4-6-13-25)21(26)22-11-14-28-18-9-7-17(27-2)8-10-18/h7-10,15H,3-6,11-14H2,1-2H3,(H,22,26). The number of aryl methyl sites for hydroxylation is 1. The molecule has 1 N–H and O–H groups in total. The maximum Gasteiger partial charge on any atom is 0.270 e. The number of hydrogen-bond acceptors (Lipinski definition) is 6. The average molecular weight is 384 g/mol. The second kappa shape index (κ2) is 9.92. The van der Waals surface area contributed by atoms with Gasteiger partial charge in [0.15, 0.2) is 0 Å². The van der Waals surface area contributed by atoms with E-state index in [0.29, 0.717) is 24.7 Å². The number of aromatic nitrogens is 2. The predicted octanol–water partition coefficient (Wildman–Crippen LogP) is 2.98. The molecule has 0 unspecified atom stereocenters. The van der Waals surface area contributed by atoms with Crippen LogP contribution in [0.3, 0.4) is 0 Å². The lowest BCUT2D eigenvalue weighted by Crippen LogP contribution is -2.30. The number of rotatable bonds is 7. The molecule has 7 nitrogen and oxygen atoms in total. The Morgan fingerprint density at radius 2 is 1.75 bits per heavy atom. The third kappa shape index (κ3) is 5.58. The minimum absolute atomic E-state index is 0.208. The highest BCUT2D eigenvalue weighted by Gasteiger charge is 2.16. The third-order valence-electron chi connectivity index (χ3n) is 4.70. The van der Waals surface area contributed by atoms with Crippen LogP contribution in [0.25, 0.3) is 0 Å². The lowest BCUT2D eigenvalue weighted by molar-refractivity contribution is 0.0941. The van der Waals surface area contributed by atoms with Crippen molar-refractivity contribution in [2.24, 2.45) is 0 Å². The van der Waals surface area contributed by atoms with Crippen molar-refractivity contribution in [1.29, 1.82) is 0 Å². The summed E-state index contributed by atoms with van der Waals surface area (Å²) in [5.74, 6) is 2.76. The molecular formula is C21H28N4O3. The third-order valence-corrected chi connectivity index (χ3v) is 4.70. The number of carbonyl (C=O) groups excluding carboxylic acids is 1. The van der Waals surface area contributed by atoms with Crippen molar-refractivity contribution in [3.05, 3.63) is 41.9 Å². The first-order valence-electron chi connectivity index (χ1n) is 9.81. The molecule has 1 aliphatic rings. The van der Waals surface area contributed by atoms with Crippen molar-refractivity contribution in [1.82, 2.24) is 15.3 Å². The highest BCUT2D eigenvalue weighted by molar-refractivity contribution is 5.92. The molecule has 2 aromatic rings. The normalized spacial score (nSPS) is 14.3. The van der Waals surface area contributed by atoms with Gasteiger partial charge in [-0.3, -0.25) is 4.79 Å². The highest BCUT2D eigenvalue weighted by Crippen LogP contribution is 2.19. The maximum absolute atomic E-state index is 12.5. The van der Waals surface area contributed by atoms with Gasteiger partial charge >= 0.3 is 0 Å². The Morgan fingerprint density at radius 1 is 1.07 bits per heavy atom. The predicted molar refractivity (Wildman–Crippen MR) is 108 cm³/mol. The summed E-state index contributed by atoms with van der Waals surface area (Å²) in [4.78, 5) is 23.6. The van der Waals surface area contributed by atoms with Crippen LogP contribution >= 0.6 is 0 Å². The van der Waals surface area contributed by atoms with E-state index >= 15 is 0 Å². The molecule has 0 spiro atoms. The van der Waals surface area contributed by atoms with Crippen molar-refractivity contribution in [3.8, 4) is 11.5 Å². The zero-order valence-electron chi connectivity index (χ0n) is 16.6. The molecule has 0 aliphatic carbocycles. The number of nitrogens with zero attached hydrogens (tertiary/aromatic N) is 3. The Kier molecular flexibility index (Phi) is 7.06. The van der Waals surface area contributed by atoms with Crippen molar-refractivity contribution in [2.75, 3.05) is 38.3 Å². The number of anilines is 1. The van der Waals surface area contributed by atoms with Crippen LogP contribution in [-0.4, -0.2) is 49.2 Å². The Hall–Kier alpha value is -2.83. The van der Waals surface area contributed by atoms with E-state index in [1.165, 1.54) is 12.8 Å². The van der Waals surface area contributed by atoms with E-state index < -0.39 is 0 Å². The molecule has 1 amide bonds. The van der Waals surface area contributed by atoms with Gasteiger partial charge in [-0.25, -0.2) is 9.97 Å². The van der Waals surface area contributed by atoms with Gasteiger partial charge in [0.2, 0.25) is 0 Å². The molecule has 0 radical (unpaired) electrons. The molecule has 150 valence electrons. The minimum atomic E-state index is -0.208. The molecule has 1 aromatic heterocycles. The first-order valence-corrected chi connectivity index (χ1v) is 9.81. The SMILES string of the molecule is COc1ccc(OCCNC(=O)c2cc(N3CCCCCC3)nc(C)n2)cc1. The summed E-state index contributed by atoms with van der Waals surface area (Å²) in [5, 5.41) is 2.86. The quantitative estimate of drug-likeness (QED) is 0.740. The number of methoxy groups -OCH3 is 1. The van der Waals surface area contributed by atoms with Gasteiger partial charge in [-0.15, -0.1) is 0 Å². The molecule has 1 aromatic carbocycles. The zero-order valence-corrected chi connectivity index (χ0v) is 16.6. The lowest BCUT2D eigenvalue weighted by Gasteiger charge is -2.22. The van der Waals surface area contributed by atoms with Gasteiger partial charge in [0.05, 0.1) is 13.7 Å². The fourth-order valence-electron chi connectivity index (χ4n) is 3.23. The maximum atomic E-state index is 12.5. The van der Waals surface area contributed by atoms with E-state index in [2.05, 4.69) is 20.2 Å². The summed E-state index contributed by atoms with van der Waals surface area (Å²) in [6.45, 7) is 4.55. The molecule has 28 heavy (non-hydrogen) atoms. The van der Waals surface area contributed by atoms with Crippen molar-refractivity contribution >= 4 is 11.7 Å². The molecule has 7 heteroatoms. The van der Waals surface area contributed by atoms with Gasteiger partial charge in [-0.2, -0.15) is 0 Å². The number of carbonyl (C=O) groups is 1. The molecule has 0 atom stereocenters. The summed E-state index contributed by atoms with van der Waals surface area (Å²) in [6, 6.07) is 9.13. The second-order valence-electron chi connectivity index (χ2n) is 6.84. The largest absolute Gasteiger partial charge is 0.497 e. The molecule has 0 saturated carbocycles. The Labute approximate surface area is 166 Å². The van der Waals surface area contributed by atoms with Crippen LogP contribution in [0.15, 0.2) is 30.3 Å². The summed E-state index contributed by atoms with van der Waals surface area (Å²) < 4.78 is 10.8. The van der Waals surface area contributed by atoms with Gasteiger partial charge < -0.3 is 19.7 Å². The van der Waals surface area contributed by atoms with Gasteiger partial charge in [-0.1, -0.05) is 12.8 Å². The van der Waals surface area contributed by atoms with Crippen molar-refractivity contribution < 1.29 is 14.3 Å². The number of ether oxygens (including phenoxy) is 2. The van der Waals surface area contributed by atoms with Crippen LogP contribution in [-0.2, 0) is 0 Å². The van der Waals surface area contributed by atoms with Crippen LogP contribution in [0.2, 0.25) is 0 Å². The first-order chi connectivity index (χ1) is 13.7. The van der Waals surface area contributed by atoms with E-state index in [0.717, 1.165) is 43.2 Å². The fourth-order valence-corrected chi connectivity index (χ4v) is 3.23. The zero-order chi connectivity index (χ0) is 19.8. The Balaban J connectivity index is 1.53. The van der Waals surface area contributed by atoms with Gasteiger partial charge in [0, 0.05) is 19.2 Å². The second-order valence-corrected chi connectivity index (χ2v) is 6.84. The number of amides is 1. The van der Waals surface area contributed by atoms with Crippen LogP contribution < -0.4 is 19.7 Å². The Bertz CT molecular complexity index is 772. The summed E-state index contributed by atoms with van der Waals surface area (Å²) in [6.07, 6.45) is 4.82. The summed E-state index contributed by atoms with van der Waals surface area (Å²) >= 11 is 0. The van der Waals surface area contributed by atoms with E-state index in [1.54, 1.807) is 13.2 Å². The number of benzene rings is 1. The van der Waals surface area contributed by atoms with E-state index in [1.807, 2.05) is 31.2 Å².